The molecule has 0 spiro atoms. The normalized spacial score (nSPS) is 10.0. The third-order valence-corrected chi connectivity index (χ3v) is 4.09. The van der Waals surface area contributed by atoms with E-state index < -0.39 is 11.8 Å². The maximum absolute atomic E-state index is 11.7. The van der Waals surface area contributed by atoms with Crippen LogP contribution >= 0.6 is 43.5 Å². The highest BCUT2D eigenvalue weighted by Gasteiger charge is 2.08. The van der Waals surface area contributed by atoms with E-state index in [4.69, 9.17) is 21.1 Å². The lowest BCUT2D eigenvalue weighted by molar-refractivity contribution is -0.131. The summed E-state index contributed by atoms with van der Waals surface area (Å²) in [7, 11) is 0. The number of hydrogen-bond acceptors (Lipinski definition) is 4. The SMILES string of the molecule is O=C(COc1ccc(Br)cc1)NNC(=O)COc1ccc(Br)cc1Cl. The van der Waals surface area contributed by atoms with Crippen LogP contribution in [-0.2, 0) is 9.59 Å². The summed E-state index contributed by atoms with van der Waals surface area (Å²) in [6, 6.07) is 12.0. The minimum Gasteiger partial charge on any atom is -0.484 e. The monoisotopic (exact) mass is 490 g/mol. The Labute approximate surface area is 166 Å². The molecular formula is C16H13Br2ClN2O4. The Bertz CT molecular complexity index is 756. The van der Waals surface area contributed by atoms with Gasteiger partial charge in [-0.05, 0) is 42.5 Å². The maximum Gasteiger partial charge on any atom is 0.276 e. The molecule has 0 aliphatic carbocycles. The van der Waals surface area contributed by atoms with E-state index in [9.17, 15) is 9.59 Å². The summed E-state index contributed by atoms with van der Waals surface area (Å²) < 4.78 is 12.3. The fourth-order valence-corrected chi connectivity index (χ4v) is 2.62. The summed E-state index contributed by atoms with van der Waals surface area (Å²) in [6.45, 7) is -0.531. The first-order valence-electron chi connectivity index (χ1n) is 6.98. The Balaban J connectivity index is 1.68. The zero-order chi connectivity index (χ0) is 18.2. The van der Waals surface area contributed by atoms with Crippen molar-refractivity contribution >= 4 is 55.3 Å². The van der Waals surface area contributed by atoms with Gasteiger partial charge in [-0.25, -0.2) is 0 Å². The van der Waals surface area contributed by atoms with Gasteiger partial charge in [-0.1, -0.05) is 43.5 Å². The summed E-state index contributed by atoms with van der Waals surface area (Å²) in [5.74, 6) is -0.128. The Kier molecular flexibility index (Phi) is 7.54. The second-order valence-corrected chi connectivity index (χ2v) is 6.94. The predicted molar refractivity (Wildman–Crippen MR) is 101 cm³/mol. The number of benzene rings is 2. The third kappa shape index (κ3) is 6.93. The van der Waals surface area contributed by atoms with Gasteiger partial charge >= 0.3 is 0 Å². The molecular weight excluding hydrogens is 479 g/mol. The molecule has 2 rings (SSSR count). The minimum atomic E-state index is -0.532. The van der Waals surface area contributed by atoms with Crippen LogP contribution in [0.3, 0.4) is 0 Å². The molecule has 0 radical (unpaired) electrons. The molecule has 0 heterocycles. The second-order valence-electron chi connectivity index (χ2n) is 4.70. The average molecular weight is 493 g/mol. The number of carbonyl (C=O) groups is 2. The maximum atomic E-state index is 11.7. The van der Waals surface area contributed by atoms with Crippen molar-refractivity contribution in [2.24, 2.45) is 0 Å². The van der Waals surface area contributed by atoms with E-state index in [1.54, 1.807) is 42.5 Å². The Morgan fingerprint density at radius 3 is 2.04 bits per heavy atom. The van der Waals surface area contributed by atoms with E-state index in [1.165, 1.54) is 0 Å². The highest BCUT2D eigenvalue weighted by atomic mass is 79.9. The summed E-state index contributed by atoms with van der Waals surface area (Å²) >= 11 is 12.5. The van der Waals surface area contributed by atoms with Crippen LogP contribution in [0.25, 0.3) is 0 Å². The standard InChI is InChI=1S/C16H13Br2ClN2O4/c17-10-1-4-12(5-2-10)24-8-15(22)20-21-16(23)9-25-14-6-3-11(18)7-13(14)19/h1-7H,8-9H2,(H,20,22)(H,21,23). The second kappa shape index (κ2) is 9.65. The molecule has 0 saturated carbocycles. The lowest BCUT2D eigenvalue weighted by Gasteiger charge is -2.10. The number of carbonyl (C=O) groups excluding carboxylic acids is 2. The molecule has 2 aromatic rings. The molecule has 0 bridgehead atoms. The number of amides is 2. The first-order chi connectivity index (χ1) is 11.9. The molecule has 25 heavy (non-hydrogen) atoms. The van der Waals surface area contributed by atoms with E-state index >= 15 is 0 Å². The van der Waals surface area contributed by atoms with Crippen LogP contribution in [0.2, 0.25) is 5.02 Å². The van der Waals surface area contributed by atoms with Gasteiger partial charge in [-0.15, -0.1) is 0 Å². The Morgan fingerprint density at radius 1 is 0.880 bits per heavy atom. The number of ether oxygens (including phenoxy) is 2. The van der Waals surface area contributed by atoms with Gasteiger partial charge in [0.25, 0.3) is 11.8 Å². The van der Waals surface area contributed by atoms with Crippen molar-refractivity contribution in [1.82, 2.24) is 10.9 Å². The number of hydrogen-bond donors (Lipinski definition) is 2. The zero-order valence-electron chi connectivity index (χ0n) is 12.7. The van der Waals surface area contributed by atoms with E-state index in [0.717, 1.165) is 8.95 Å². The summed E-state index contributed by atoms with van der Waals surface area (Å²) in [5, 5.41) is 0.370. The Morgan fingerprint density at radius 2 is 1.44 bits per heavy atom. The van der Waals surface area contributed by atoms with Gasteiger partial charge in [-0.3, -0.25) is 20.4 Å². The third-order valence-electron chi connectivity index (χ3n) is 2.78. The van der Waals surface area contributed by atoms with Gasteiger partial charge in [0.05, 0.1) is 5.02 Å². The largest absolute Gasteiger partial charge is 0.484 e. The van der Waals surface area contributed by atoms with Crippen LogP contribution in [-0.4, -0.2) is 25.0 Å². The summed E-state index contributed by atoms with van der Waals surface area (Å²) in [4.78, 5) is 23.3. The van der Waals surface area contributed by atoms with E-state index in [2.05, 4.69) is 42.7 Å². The zero-order valence-corrected chi connectivity index (χ0v) is 16.7. The topological polar surface area (TPSA) is 76.7 Å². The Hall–Kier alpha value is -1.77. The van der Waals surface area contributed by atoms with Crippen LogP contribution in [0.4, 0.5) is 0 Å². The highest BCUT2D eigenvalue weighted by molar-refractivity contribution is 9.10. The number of nitrogens with one attached hydrogen (secondary N) is 2. The van der Waals surface area contributed by atoms with Crippen molar-refractivity contribution in [3.8, 4) is 11.5 Å². The lowest BCUT2D eigenvalue weighted by atomic mass is 10.3. The summed E-state index contributed by atoms with van der Waals surface area (Å²) in [5.41, 5.74) is 4.46. The minimum absolute atomic E-state index is 0.235. The quantitative estimate of drug-likeness (QED) is 0.606. The first kappa shape index (κ1) is 19.6. The van der Waals surface area contributed by atoms with Gasteiger partial charge < -0.3 is 9.47 Å². The summed E-state index contributed by atoms with van der Waals surface area (Å²) in [6.07, 6.45) is 0. The number of halogens is 3. The first-order valence-corrected chi connectivity index (χ1v) is 8.94. The number of hydrazine groups is 1. The van der Waals surface area contributed by atoms with Crippen LogP contribution in [0.1, 0.15) is 0 Å². The average Bonchev–Trinajstić information content (AvgIpc) is 2.58. The van der Waals surface area contributed by atoms with Gasteiger partial charge in [0.15, 0.2) is 13.2 Å². The molecule has 0 saturated heterocycles. The molecule has 0 aliphatic heterocycles. The van der Waals surface area contributed by atoms with Gasteiger partial charge in [0, 0.05) is 8.95 Å². The number of rotatable bonds is 6. The molecule has 132 valence electrons. The van der Waals surface area contributed by atoms with Crippen molar-refractivity contribution in [2.75, 3.05) is 13.2 Å². The van der Waals surface area contributed by atoms with Gasteiger partial charge in [0.2, 0.25) is 0 Å². The fraction of sp³-hybridized carbons (Fsp3) is 0.125. The smallest absolute Gasteiger partial charge is 0.276 e. The molecule has 0 aromatic heterocycles. The van der Waals surface area contributed by atoms with Crippen LogP contribution < -0.4 is 20.3 Å². The molecule has 0 atom stereocenters. The van der Waals surface area contributed by atoms with Crippen LogP contribution in [0, 0.1) is 0 Å². The van der Waals surface area contributed by atoms with Crippen molar-refractivity contribution < 1.29 is 19.1 Å². The van der Waals surface area contributed by atoms with Crippen molar-refractivity contribution in [3.05, 3.63) is 56.4 Å². The van der Waals surface area contributed by atoms with Crippen molar-refractivity contribution in [3.63, 3.8) is 0 Å². The van der Waals surface area contributed by atoms with E-state index in [-0.39, 0.29) is 13.2 Å². The van der Waals surface area contributed by atoms with Gasteiger partial charge in [0.1, 0.15) is 11.5 Å². The molecule has 0 aliphatic rings. The molecule has 6 nitrogen and oxygen atoms in total. The molecule has 0 fully saturated rings. The molecule has 2 aromatic carbocycles. The van der Waals surface area contributed by atoms with Crippen LogP contribution in [0.5, 0.6) is 11.5 Å². The van der Waals surface area contributed by atoms with Crippen LogP contribution in [0.15, 0.2) is 51.4 Å². The molecule has 2 N–H and O–H groups in total. The van der Waals surface area contributed by atoms with Crippen molar-refractivity contribution in [2.45, 2.75) is 0 Å². The lowest BCUT2D eigenvalue weighted by Crippen LogP contribution is -2.45. The molecule has 0 unspecified atom stereocenters. The molecule has 9 heteroatoms. The van der Waals surface area contributed by atoms with Gasteiger partial charge in [-0.2, -0.15) is 0 Å². The highest BCUT2D eigenvalue weighted by Crippen LogP contribution is 2.27. The predicted octanol–water partition coefficient (Wildman–Crippen LogP) is 3.47. The fourth-order valence-electron chi connectivity index (χ4n) is 1.63. The van der Waals surface area contributed by atoms with E-state index in [1.807, 2.05) is 0 Å². The van der Waals surface area contributed by atoms with Crippen molar-refractivity contribution in [1.29, 1.82) is 0 Å². The van der Waals surface area contributed by atoms with E-state index in [0.29, 0.717) is 16.5 Å². The molecule has 2 amide bonds.